The first-order valence-electron chi connectivity index (χ1n) is 9.52. The highest BCUT2D eigenvalue weighted by molar-refractivity contribution is 5.90. The summed E-state index contributed by atoms with van der Waals surface area (Å²) in [4.78, 5) is 39.8. The van der Waals surface area contributed by atoms with Crippen LogP contribution in [-0.2, 0) is 35.4 Å². The molecule has 0 N–H and O–H groups in total. The van der Waals surface area contributed by atoms with Crippen LogP contribution in [0.25, 0.3) is 0 Å². The smallest absolute Gasteiger partial charge is 0.385 e. The minimum absolute atomic E-state index is 0.0978. The number of nitrogens with zero attached hydrogens (tertiary/aromatic N) is 1. The third-order valence-electron chi connectivity index (χ3n) is 4.95. The first-order chi connectivity index (χ1) is 13.3. The molecule has 0 amide bonds. The van der Waals surface area contributed by atoms with Gasteiger partial charge in [-0.2, -0.15) is 4.89 Å². The average molecular weight is 391 g/mol. The van der Waals surface area contributed by atoms with Crippen LogP contribution < -0.4 is 0 Å². The lowest BCUT2D eigenvalue weighted by molar-refractivity contribution is -0.285. The molecule has 0 spiro atoms. The molecule has 1 saturated carbocycles. The van der Waals surface area contributed by atoms with Gasteiger partial charge in [0.15, 0.2) is 0 Å². The van der Waals surface area contributed by atoms with Crippen LogP contribution in [0, 0.1) is 20.8 Å². The molecule has 1 aromatic rings. The molecule has 0 radical (unpaired) electrons. The maximum Gasteiger partial charge on any atom is 0.385 e. The maximum atomic E-state index is 12.7. The predicted octanol–water partition coefficient (Wildman–Crippen LogP) is 3.51. The van der Waals surface area contributed by atoms with Gasteiger partial charge in [0.1, 0.15) is 7.11 Å². The monoisotopic (exact) mass is 391 g/mol. The Morgan fingerprint density at radius 2 is 1.71 bits per heavy atom. The fraction of sp³-hybridized carbons (Fsp3) is 0.571. The zero-order valence-electron chi connectivity index (χ0n) is 17.3. The van der Waals surface area contributed by atoms with E-state index in [1.165, 1.54) is 7.11 Å². The summed E-state index contributed by atoms with van der Waals surface area (Å²) in [6.07, 6.45) is 1.61. The topological polar surface area (TPSA) is 83.4 Å². The highest BCUT2D eigenvalue weighted by Crippen LogP contribution is 2.33. The van der Waals surface area contributed by atoms with E-state index in [1.54, 1.807) is 6.92 Å². The van der Waals surface area contributed by atoms with Crippen LogP contribution in [0.1, 0.15) is 54.9 Å². The number of hydrogen-bond donors (Lipinski definition) is 0. The second kappa shape index (κ2) is 9.68. The van der Waals surface area contributed by atoms with Crippen molar-refractivity contribution < 1.29 is 28.9 Å². The van der Waals surface area contributed by atoms with Gasteiger partial charge in [0.05, 0.1) is 18.7 Å². The Balaban J connectivity index is 2.17. The Bertz CT molecular complexity index is 722. The van der Waals surface area contributed by atoms with Crippen LogP contribution >= 0.6 is 0 Å². The molecule has 28 heavy (non-hydrogen) atoms. The molecule has 0 atom stereocenters. The van der Waals surface area contributed by atoms with Gasteiger partial charge >= 0.3 is 11.9 Å². The van der Waals surface area contributed by atoms with E-state index < -0.39 is 17.5 Å². The minimum Gasteiger partial charge on any atom is -0.447 e. The van der Waals surface area contributed by atoms with Crippen LogP contribution in [0.3, 0.4) is 0 Å². The summed E-state index contributed by atoms with van der Waals surface area (Å²) in [6, 6.07) is 4.06. The Morgan fingerprint density at radius 1 is 1.11 bits per heavy atom. The average Bonchev–Trinajstić information content (AvgIpc) is 2.64. The van der Waals surface area contributed by atoms with E-state index in [0.29, 0.717) is 12.8 Å². The van der Waals surface area contributed by atoms with Gasteiger partial charge in [-0.25, -0.2) is 4.79 Å². The number of esters is 1. The van der Waals surface area contributed by atoms with Gasteiger partial charge in [0.2, 0.25) is 5.60 Å². The lowest BCUT2D eigenvalue weighted by Crippen LogP contribution is -2.48. The molecule has 1 aliphatic rings. The zero-order chi connectivity index (χ0) is 20.7. The van der Waals surface area contributed by atoms with Gasteiger partial charge in [0.25, 0.3) is 0 Å². The summed E-state index contributed by atoms with van der Waals surface area (Å²) in [5.74, 6) is -1.15. The van der Waals surface area contributed by atoms with E-state index >= 15 is 0 Å². The van der Waals surface area contributed by atoms with Crippen LogP contribution in [-0.4, -0.2) is 37.0 Å². The Morgan fingerprint density at radius 3 is 2.25 bits per heavy atom. The standard InChI is InChI=1S/C21H29NO6/c1-6-26-28-20(24)21(9-7-17(8-10-21)22-25-5)27-19(23)13-18-15(3)11-14(2)12-16(18)4/h11-12H,6-10,13H2,1-5H3. The van der Waals surface area contributed by atoms with Gasteiger partial charge in [0, 0.05) is 12.8 Å². The summed E-state index contributed by atoms with van der Waals surface area (Å²) in [7, 11) is 1.48. The lowest BCUT2D eigenvalue weighted by Gasteiger charge is -2.34. The van der Waals surface area contributed by atoms with Crippen LogP contribution in [0.4, 0.5) is 0 Å². The van der Waals surface area contributed by atoms with E-state index in [2.05, 4.69) is 5.16 Å². The van der Waals surface area contributed by atoms with Crippen molar-refractivity contribution in [3.8, 4) is 0 Å². The van der Waals surface area contributed by atoms with E-state index in [-0.39, 0.29) is 25.9 Å². The summed E-state index contributed by atoms with van der Waals surface area (Å²) in [6.45, 7) is 7.88. The molecular weight excluding hydrogens is 362 g/mol. The van der Waals surface area contributed by atoms with E-state index in [1.807, 2.05) is 32.9 Å². The molecule has 0 unspecified atom stereocenters. The number of hydrogen-bond acceptors (Lipinski definition) is 7. The third kappa shape index (κ3) is 5.32. The van der Waals surface area contributed by atoms with Crippen LogP contribution in [0.2, 0.25) is 0 Å². The van der Waals surface area contributed by atoms with E-state index in [9.17, 15) is 9.59 Å². The summed E-state index contributed by atoms with van der Waals surface area (Å²) >= 11 is 0. The van der Waals surface area contributed by atoms with Crippen molar-refractivity contribution in [2.24, 2.45) is 5.16 Å². The number of aryl methyl sites for hydroxylation is 3. The Hall–Kier alpha value is -2.41. The van der Waals surface area contributed by atoms with E-state index in [4.69, 9.17) is 19.3 Å². The molecule has 0 heterocycles. The predicted molar refractivity (Wildman–Crippen MR) is 104 cm³/mol. The summed E-state index contributed by atoms with van der Waals surface area (Å²) < 4.78 is 5.72. The van der Waals surface area contributed by atoms with Gasteiger partial charge in [-0.3, -0.25) is 9.68 Å². The Kier molecular flexibility index (Phi) is 7.57. The number of oxime groups is 1. The molecule has 154 valence electrons. The SMILES string of the molecule is CCOOC(=O)C1(OC(=O)Cc2c(C)cc(C)cc2C)CCC(=NOC)CC1. The first kappa shape index (κ1) is 21.9. The molecular formula is C21H29NO6. The fourth-order valence-electron chi connectivity index (χ4n) is 3.59. The zero-order valence-corrected chi connectivity index (χ0v) is 17.3. The molecule has 0 bridgehead atoms. The van der Waals surface area contributed by atoms with Crippen molar-refractivity contribution in [2.45, 2.75) is 65.4 Å². The molecule has 7 nitrogen and oxygen atoms in total. The highest BCUT2D eigenvalue weighted by Gasteiger charge is 2.47. The Labute approximate surface area is 165 Å². The molecule has 2 rings (SSSR count). The van der Waals surface area contributed by atoms with Gasteiger partial charge in [-0.15, -0.1) is 0 Å². The maximum absolute atomic E-state index is 12.7. The molecule has 1 aromatic carbocycles. The van der Waals surface area contributed by atoms with Crippen molar-refractivity contribution in [3.05, 3.63) is 34.4 Å². The number of benzene rings is 1. The second-order valence-electron chi connectivity index (χ2n) is 7.14. The highest BCUT2D eigenvalue weighted by atomic mass is 17.2. The number of ether oxygens (including phenoxy) is 1. The summed E-state index contributed by atoms with van der Waals surface area (Å²) in [5, 5.41) is 3.94. The lowest BCUT2D eigenvalue weighted by atomic mass is 9.83. The summed E-state index contributed by atoms with van der Waals surface area (Å²) in [5.41, 5.74) is 3.56. The molecule has 0 saturated heterocycles. The molecule has 7 heteroatoms. The molecule has 0 aliphatic heterocycles. The van der Waals surface area contributed by atoms with Crippen molar-refractivity contribution in [3.63, 3.8) is 0 Å². The first-order valence-corrected chi connectivity index (χ1v) is 9.52. The number of carbonyl (C=O) groups is 2. The second-order valence-corrected chi connectivity index (χ2v) is 7.14. The quantitative estimate of drug-likeness (QED) is 0.402. The normalized spacial score (nSPS) is 19.1. The largest absolute Gasteiger partial charge is 0.447 e. The van der Waals surface area contributed by atoms with Gasteiger partial charge < -0.3 is 9.57 Å². The van der Waals surface area contributed by atoms with Crippen LogP contribution in [0.15, 0.2) is 17.3 Å². The molecule has 0 aromatic heterocycles. The third-order valence-corrected chi connectivity index (χ3v) is 4.95. The van der Waals surface area contributed by atoms with Gasteiger partial charge in [-0.05, 0) is 57.2 Å². The van der Waals surface area contributed by atoms with Crippen molar-refractivity contribution >= 4 is 17.7 Å². The molecule has 1 fully saturated rings. The minimum atomic E-state index is -1.37. The van der Waals surface area contributed by atoms with Crippen LogP contribution in [0.5, 0.6) is 0 Å². The van der Waals surface area contributed by atoms with Crippen molar-refractivity contribution in [1.82, 2.24) is 0 Å². The number of rotatable bonds is 7. The van der Waals surface area contributed by atoms with Crippen molar-refractivity contribution in [2.75, 3.05) is 13.7 Å². The van der Waals surface area contributed by atoms with Gasteiger partial charge in [-0.1, -0.05) is 22.9 Å². The van der Waals surface area contributed by atoms with E-state index in [0.717, 1.165) is 28.0 Å². The fourth-order valence-corrected chi connectivity index (χ4v) is 3.59. The van der Waals surface area contributed by atoms with Crippen molar-refractivity contribution in [1.29, 1.82) is 0 Å². The number of carbonyl (C=O) groups excluding carboxylic acids is 2. The molecule has 1 aliphatic carbocycles.